The number of nitrogens with zero attached hydrogens (tertiary/aromatic N) is 8. The van der Waals surface area contributed by atoms with Gasteiger partial charge in [-0.05, 0) is 81.1 Å². The molecule has 19 heteroatoms. The summed E-state index contributed by atoms with van der Waals surface area (Å²) in [5.74, 6) is -2.01. The van der Waals surface area contributed by atoms with Gasteiger partial charge in [0.1, 0.15) is 70.3 Å². The number of fused-ring (bicyclic) bond motifs is 2. The van der Waals surface area contributed by atoms with Crippen molar-refractivity contribution >= 4 is 74.2 Å². The number of halogens is 5. The van der Waals surface area contributed by atoms with Crippen molar-refractivity contribution in [3.8, 4) is 11.1 Å². The van der Waals surface area contributed by atoms with Crippen molar-refractivity contribution in [2.24, 2.45) is 0 Å². The zero-order valence-electron chi connectivity index (χ0n) is 40.4. The van der Waals surface area contributed by atoms with E-state index >= 15 is 4.39 Å². The van der Waals surface area contributed by atoms with Crippen LogP contribution in [0.1, 0.15) is 78.4 Å². The quantitative estimate of drug-likeness (QED) is 0.114. The second-order valence-corrected chi connectivity index (χ2v) is 20.0. The van der Waals surface area contributed by atoms with Crippen LogP contribution in [0.15, 0.2) is 55.2 Å². The van der Waals surface area contributed by atoms with Crippen LogP contribution in [0.25, 0.3) is 32.9 Å². The Labute approximate surface area is 408 Å². The molecule has 3 fully saturated rings. The Hall–Kier alpha value is -6.40. The molecule has 0 bridgehead atoms. The molecule has 7 heterocycles. The first-order valence-electron chi connectivity index (χ1n) is 23.3. The zero-order valence-corrected chi connectivity index (χ0v) is 41.2. The predicted molar refractivity (Wildman–Crippen MR) is 262 cm³/mol. The van der Waals surface area contributed by atoms with Crippen LogP contribution in [0, 0.1) is 37.1 Å². The summed E-state index contributed by atoms with van der Waals surface area (Å²) in [7, 11) is 0. The van der Waals surface area contributed by atoms with Gasteiger partial charge in [0.05, 0.1) is 51.4 Å². The Morgan fingerprint density at radius 1 is 0.714 bits per heavy atom. The highest BCUT2D eigenvalue weighted by Gasteiger charge is 2.38. The Balaban J connectivity index is 0.000000216. The van der Waals surface area contributed by atoms with Gasteiger partial charge >= 0.3 is 11.9 Å². The van der Waals surface area contributed by atoms with Crippen LogP contribution < -0.4 is 20.0 Å². The summed E-state index contributed by atoms with van der Waals surface area (Å²) in [5.41, 5.74) is 2.62. The first-order valence-corrected chi connectivity index (χ1v) is 23.6. The number of esters is 2. The molecule has 0 spiro atoms. The second kappa shape index (κ2) is 20.1. The highest BCUT2D eigenvalue weighted by atomic mass is 35.5. The number of benzene rings is 2. The van der Waals surface area contributed by atoms with Gasteiger partial charge in [-0.1, -0.05) is 11.6 Å². The number of ether oxygens (including phenoxy) is 3. The topological polar surface area (TPSA) is 148 Å². The van der Waals surface area contributed by atoms with Crippen LogP contribution in [0.4, 0.5) is 46.4 Å². The number of pyridine rings is 3. The van der Waals surface area contributed by atoms with Crippen molar-refractivity contribution in [2.45, 2.75) is 104 Å². The van der Waals surface area contributed by atoms with E-state index in [1.165, 1.54) is 12.4 Å². The average Bonchev–Trinajstić information content (AvgIpc) is 3.99. The van der Waals surface area contributed by atoms with E-state index in [-0.39, 0.29) is 38.8 Å². The van der Waals surface area contributed by atoms with Gasteiger partial charge in [-0.25, -0.2) is 52.1 Å². The molecule has 4 aromatic heterocycles. The molecule has 2 aromatic carbocycles. The lowest BCUT2D eigenvalue weighted by atomic mass is 10.0. The predicted octanol–water partition coefficient (Wildman–Crippen LogP) is 10.3. The number of carbonyl (C=O) groups excluding carboxylic acids is 2. The molecule has 6 aromatic rings. The van der Waals surface area contributed by atoms with E-state index in [0.29, 0.717) is 97.5 Å². The minimum Gasteiger partial charge on any atom is -0.458 e. The highest BCUT2D eigenvalue weighted by Crippen LogP contribution is 2.42. The normalized spacial score (nSPS) is 17.5. The number of carbonyl (C=O) groups is 2. The number of morpholine rings is 1. The van der Waals surface area contributed by atoms with E-state index in [1.54, 1.807) is 25.5 Å². The second-order valence-electron chi connectivity index (χ2n) is 19.6. The van der Waals surface area contributed by atoms with Crippen LogP contribution >= 0.6 is 11.6 Å². The molecule has 0 radical (unpaired) electrons. The van der Waals surface area contributed by atoms with E-state index in [2.05, 4.69) is 25.2 Å². The van der Waals surface area contributed by atoms with Gasteiger partial charge < -0.3 is 34.2 Å². The molecule has 3 aliphatic rings. The van der Waals surface area contributed by atoms with E-state index in [0.717, 1.165) is 36.9 Å². The molecular formula is C51H56ClF4N9O5. The average molecular weight is 987 g/mol. The Morgan fingerprint density at radius 2 is 1.23 bits per heavy atom. The van der Waals surface area contributed by atoms with E-state index in [4.69, 9.17) is 35.8 Å². The van der Waals surface area contributed by atoms with Gasteiger partial charge in [-0.15, -0.1) is 0 Å². The van der Waals surface area contributed by atoms with E-state index in [9.17, 15) is 22.8 Å². The molecule has 3 saturated heterocycles. The van der Waals surface area contributed by atoms with E-state index < -0.39 is 46.6 Å². The summed E-state index contributed by atoms with van der Waals surface area (Å²) in [4.78, 5) is 53.8. The smallest absolute Gasteiger partial charge is 0.329 e. The SMILES string of the molecule is Cc1c(N2CCC[C@H]2C(=O)OC(C)(C)C)nc2cc(F)cc(F)c2c1Cl.Cc1c(N2CCC[C@H]2C(=O)OC(C)(C)C)nc2cc(F)cc(F)c2c1Nc1cc(N2CCOCC2)ncc1-c1cncnc1. The van der Waals surface area contributed by atoms with Crippen LogP contribution in [0.5, 0.6) is 0 Å². The summed E-state index contributed by atoms with van der Waals surface area (Å²) >= 11 is 6.36. The van der Waals surface area contributed by atoms with Crippen LogP contribution in [0.3, 0.4) is 0 Å². The van der Waals surface area contributed by atoms with Crippen LogP contribution in [0.2, 0.25) is 5.02 Å². The maximum atomic E-state index is 15.6. The zero-order chi connectivity index (χ0) is 50.2. The molecular weight excluding hydrogens is 930 g/mol. The lowest BCUT2D eigenvalue weighted by Gasteiger charge is -2.30. The van der Waals surface area contributed by atoms with Crippen molar-refractivity contribution in [3.63, 3.8) is 0 Å². The first kappa shape index (κ1) is 50.0. The fraction of sp³-hybridized carbons (Fsp3) is 0.431. The van der Waals surface area contributed by atoms with Crippen LogP contribution in [-0.2, 0) is 23.8 Å². The number of aromatic nitrogens is 5. The molecule has 0 aliphatic carbocycles. The van der Waals surface area contributed by atoms with Crippen molar-refractivity contribution < 1.29 is 41.4 Å². The highest BCUT2D eigenvalue weighted by molar-refractivity contribution is 6.36. The van der Waals surface area contributed by atoms with Gasteiger partial charge in [0.25, 0.3) is 0 Å². The third kappa shape index (κ3) is 10.8. The summed E-state index contributed by atoms with van der Waals surface area (Å²) < 4.78 is 74.7. The number of hydrogen-bond donors (Lipinski definition) is 1. The van der Waals surface area contributed by atoms with Gasteiger partial charge in [0.15, 0.2) is 0 Å². The molecule has 70 heavy (non-hydrogen) atoms. The summed E-state index contributed by atoms with van der Waals surface area (Å²) in [6.07, 6.45) is 9.28. The molecule has 0 saturated carbocycles. The third-order valence-corrected chi connectivity index (χ3v) is 12.6. The fourth-order valence-corrected chi connectivity index (χ4v) is 9.32. The first-order chi connectivity index (χ1) is 33.2. The number of nitrogens with one attached hydrogen (secondary N) is 1. The molecule has 2 atom stereocenters. The summed E-state index contributed by atoms with van der Waals surface area (Å²) in [6, 6.07) is 4.83. The van der Waals surface area contributed by atoms with Crippen LogP contribution in [-0.4, -0.2) is 99.5 Å². The van der Waals surface area contributed by atoms with Crippen molar-refractivity contribution in [2.75, 3.05) is 59.4 Å². The lowest BCUT2D eigenvalue weighted by molar-refractivity contribution is -0.157. The monoisotopic (exact) mass is 985 g/mol. The maximum absolute atomic E-state index is 15.6. The molecule has 3 aliphatic heterocycles. The lowest BCUT2D eigenvalue weighted by Crippen LogP contribution is -2.41. The number of rotatable bonds is 8. The molecule has 14 nitrogen and oxygen atoms in total. The van der Waals surface area contributed by atoms with Crippen molar-refractivity contribution in [3.05, 3.63) is 94.7 Å². The van der Waals surface area contributed by atoms with Gasteiger partial charge in [-0.2, -0.15) is 0 Å². The summed E-state index contributed by atoms with van der Waals surface area (Å²) in [5, 5.41) is 3.87. The molecule has 0 amide bonds. The van der Waals surface area contributed by atoms with E-state index in [1.807, 2.05) is 64.3 Å². The van der Waals surface area contributed by atoms with Crippen molar-refractivity contribution in [1.82, 2.24) is 24.9 Å². The van der Waals surface area contributed by atoms with Gasteiger partial charge in [0, 0.05) is 97.4 Å². The minimum absolute atomic E-state index is 0.0855. The van der Waals surface area contributed by atoms with Gasteiger partial charge in [-0.3, -0.25) is 0 Å². The largest absolute Gasteiger partial charge is 0.458 e. The maximum Gasteiger partial charge on any atom is 0.329 e. The molecule has 0 unspecified atom stereocenters. The molecule has 1 N–H and O–H groups in total. The minimum atomic E-state index is -0.753. The Kier molecular flexibility index (Phi) is 14.4. The Bertz CT molecular complexity index is 2950. The van der Waals surface area contributed by atoms with Gasteiger partial charge in [0.2, 0.25) is 0 Å². The standard InChI is InChI=1S/C32H35F2N7O3.C19H21ClF2N2O2/c1-19-29(38-24-14-27(40-8-10-43-11-9-40)37-17-22(24)20-15-35-18-36-16-20)28-23(34)12-21(33)13-25(28)39-30(19)41-7-5-6-26(41)31(42)44-32(2,3)4;1-10-16(20)15-12(22)8-11(21)9-13(15)23-17(10)24-7-5-6-14(24)18(25)26-19(2,3)4/h12-18,26H,5-11H2,1-4H3,(H,37,38,39);8-9,14H,5-7H2,1-4H3/t26-;14-/m00/s1. The number of anilines is 5. The molecule has 370 valence electrons. The fourth-order valence-electron chi connectivity index (χ4n) is 9.04. The van der Waals surface area contributed by atoms with Crippen molar-refractivity contribution in [1.29, 1.82) is 0 Å². The number of hydrogen-bond acceptors (Lipinski definition) is 14. The molecule has 9 rings (SSSR count). The Morgan fingerprint density at radius 3 is 1.77 bits per heavy atom. The summed E-state index contributed by atoms with van der Waals surface area (Å²) in [6.45, 7) is 18.1. The third-order valence-electron chi connectivity index (χ3n) is 12.1.